The summed E-state index contributed by atoms with van der Waals surface area (Å²) in [5, 5.41) is 0. The largest absolute Gasteiger partial charge is 0.347 e. The minimum Gasteiger partial charge on any atom is -0.347 e. The van der Waals surface area contributed by atoms with E-state index in [4.69, 9.17) is 5.73 Å². The van der Waals surface area contributed by atoms with Gasteiger partial charge in [0.25, 0.3) is 5.91 Å². The van der Waals surface area contributed by atoms with Gasteiger partial charge in [0.15, 0.2) is 0 Å². The molecule has 3 nitrogen and oxygen atoms in total. The highest BCUT2D eigenvalue weighted by molar-refractivity contribution is 5.90. The van der Waals surface area contributed by atoms with Crippen LogP contribution in [-0.2, 0) is 7.05 Å². The molecule has 0 aliphatic carbocycles. The molecule has 0 saturated carbocycles. The molecule has 1 rings (SSSR count). The fourth-order valence-electron chi connectivity index (χ4n) is 0.697. The number of nitrogens with one attached hydrogen (secondary N) is 1. The minimum absolute atomic E-state index is 0.426. The molecule has 0 fully saturated rings. The van der Waals surface area contributed by atoms with Gasteiger partial charge in [-0.3, -0.25) is 10.5 Å². The predicted octanol–water partition coefficient (Wildman–Crippen LogP) is 0.448. The van der Waals surface area contributed by atoms with Crippen LogP contribution in [0.25, 0.3) is 0 Å². The fraction of sp³-hybridized carbons (Fsp3) is 0.167. The summed E-state index contributed by atoms with van der Waals surface area (Å²) < 4.78 is 1.62. The third kappa shape index (κ3) is 0.937. The van der Waals surface area contributed by atoms with E-state index in [1.54, 1.807) is 29.9 Å². The van der Waals surface area contributed by atoms with Gasteiger partial charge < -0.3 is 4.57 Å². The van der Waals surface area contributed by atoms with E-state index in [-0.39, 0.29) is 0 Å². The topological polar surface area (TPSA) is 45.8 Å². The van der Waals surface area contributed by atoms with Crippen LogP contribution in [0.2, 0.25) is 0 Å². The number of rotatable bonds is 1. The molecule has 3 heteroatoms. The number of aryl methyl sites for hydroxylation is 1. The van der Waals surface area contributed by atoms with E-state index < -0.39 is 5.91 Å². The van der Waals surface area contributed by atoms with E-state index in [9.17, 15) is 4.79 Å². The minimum atomic E-state index is -0.637. The molecule has 1 N–H and O–H groups in total. The molecule has 0 bridgehead atoms. The van der Waals surface area contributed by atoms with Gasteiger partial charge in [0, 0.05) is 13.2 Å². The monoisotopic (exact) mass is 123 g/mol. The Hall–Kier alpha value is -1.25. The van der Waals surface area contributed by atoms with Crippen molar-refractivity contribution in [1.29, 1.82) is 0 Å². The Bertz CT molecular complexity index is 227. The zero-order valence-corrected chi connectivity index (χ0v) is 5.09. The second-order valence-electron chi connectivity index (χ2n) is 1.83. The molecule has 0 unspecified atom stereocenters. The van der Waals surface area contributed by atoms with Crippen LogP contribution in [0.1, 0.15) is 10.5 Å². The number of nitrogens with zero attached hydrogens (tertiary/aromatic N) is 1. The fourth-order valence-corrected chi connectivity index (χ4v) is 0.697. The van der Waals surface area contributed by atoms with Gasteiger partial charge in [0.2, 0.25) is 0 Å². The second kappa shape index (κ2) is 1.93. The maximum Gasteiger partial charge on any atom is 0.286 e. The van der Waals surface area contributed by atoms with Crippen molar-refractivity contribution in [1.82, 2.24) is 10.3 Å². The van der Waals surface area contributed by atoms with E-state index in [1.807, 2.05) is 0 Å². The first-order chi connectivity index (χ1) is 4.22. The maximum absolute atomic E-state index is 10.4. The van der Waals surface area contributed by atoms with Crippen molar-refractivity contribution in [2.75, 3.05) is 0 Å². The lowest BCUT2D eigenvalue weighted by atomic mass is 10.4. The summed E-state index contributed by atoms with van der Waals surface area (Å²) in [6.45, 7) is 0. The van der Waals surface area contributed by atoms with Gasteiger partial charge >= 0.3 is 0 Å². The Balaban J connectivity index is 3.08. The molecule has 0 saturated heterocycles. The van der Waals surface area contributed by atoms with Gasteiger partial charge in [-0.15, -0.1) is 0 Å². The highest BCUT2D eigenvalue weighted by Gasteiger charge is 2.01. The van der Waals surface area contributed by atoms with Crippen LogP contribution < -0.4 is 5.73 Å². The van der Waals surface area contributed by atoms with Crippen molar-refractivity contribution in [2.24, 2.45) is 7.05 Å². The van der Waals surface area contributed by atoms with Gasteiger partial charge in [-0.2, -0.15) is 0 Å². The molecule has 1 radical (unpaired) electrons. The normalized spacial score (nSPS) is 9.44. The number of carbonyl (C=O) groups is 1. The molecule has 47 valence electrons. The van der Waals surface area contributed by atoms with Gasteiger partial charge in [0.1, 0.15) is 5.69 Å². The average molecular weight is 123 g/mol. The number of hydrogen-bond acceptors (Lipinski definition) is 1. The first-order valence-corrected chi connectivity index (χ1v) is 2.59. The molecule has 0 aliphatic heterocycles. The third-order valence-corrected chi connectivity index (χ3v) is 1.18. The Labute approximate surface area is 53.1 Å². The summed E-state index contributed by atoms with van der Waals surface area (Å²) in [6.07, 6.45) is 1.74. The predicted molar refractivity (Wildman–Crippen MR) is 32.8 cm³/mol. The molecule has 9 heavy (non-hydrogen) atoms. The van der Waals surface area contributed by atoms with E-state index in [1.165, 1.54) is 0 Å². The SMILES string of the molecule is Cn1cccc1C([NH])=O. The van der Waals surface area contributed by atoms with E-state index in [2.05, 4.69) is 0 Å². The Morgan fingerprint density at radius 3 is 2.67 bits per heavy atom. The van der Waals surface area contributed by atoms with Crippen molar-refractivity contribution < 1.29 is 4.79 Å². The lowest BCUT2D eigenvalue weighted by Gasteiger charge is -1.93. The standard InChI is InChI=1S/C6H7N2O/c1-8-4-2-3-5(8)6(7)9/h2-4,7H,1H3. The summed E-state index contributed by atoms with van der Waals surface area (Å²) in [4.78, 5) is 10.4. The molecule has 1 aromatic rings. The molecule has 0 aromatic carbocycles. The quantitative estimate of drug-likeness (QED) is 0.534. The molecule has 1 aromatic heterocycles. The molecule has 0 aliphatic rings. The number of amides is 1. The highest BCUT2D eigenvalue weighted by Crippen LogP contribution is 1.96. The maximum atomic E-state index is 10.4. The van der Waals surface area contributed by atoms with Crippen LogP contribution in [0, 0.1) is 0 Å². The van der Waals surface area contributed by atoms with Crippen LogP contribution in [-0.4, -0.2) is 10.5 Å². The van der Waals surface area contributed by atoms with Gasteiger partial charge in [0.05, 0.1) is 0 Å². The molecule has 1 heterocycles. The lowest BCUT2D eigenvalue weighted by molar-refractivity contribution is 0.0984. The number of carbonyl (C=O) groups excluding carboxylic acids is 1. The van der Waals surface area contributed by atoms with E-state index >= 15 is 0 Å². The van der Waals surface area contributed by atoms with Crippen LogP contribution in [0.15, 0.2) is 18.3 Å². The van der Waals surface area contributed by atoms with Gasteiger partial charge in [-0.05, 0) is 12.1 Å². The molecule has 0 atom stereocenters. The zero-order valence-electron chi connectivity index (χ0n) is 5.09. The first-order valence-electron chi connectivity index (χ1n) is 2.59. The van der Waals surface area contributed by atoms with Crippen molar-refractivity contribution in [2.45, 2.75) is 0 Å². The summed E-state index contributed by atoms with van der Waals surface area (Å²) in [5.41, 5.74) is 7.14. The summed E-state index contributed by atoms with van der Waals surface area (Å²) in [7, 11) is 1.74. The van der Waals surface area contributed by atoms with Gasteiger partial charge in [-0.25, -0.2) is 0 Å². The summed E-state index contributed by atoms with van der Waals surface area (Å²) in [5.74, 6) is -0.637. The van der Waals surface area contributed by atoms with Crippen molar-refractivity contribution in [3.05, 3.63) is 24.0 Å². The lowest BCUT2D eigenvalue weighted by Crippen LogP contribution is -2.04. The molecular weight excluding hydrogens is 116 g/mol. The van der Waals surface area contributed by atoms with Crippen LogP contribution in [0.3, 0.4) is 0 Å². The number of aromatic nitrogens is 1. The van der Waals surface area contributed by atoms with Crippen molar-refractivity contribution in [3.63, 3.8) is 0 Å². The zero-order chi connectivity index (χ0) is 6.85. The summed E-state index contributed by atoms with van der Waals surface area (Å²) >= 11 is 0. The first kappa shape index (κ1) is 5.88. The van der Waals surface area contributed by atoms with E-state index in [0.29, 0.717) is 5.69 Å². The average Bonchev–Trinajstić information content (AvgIpc) is 2.13. The Morgan fingerprint density at radius 2 is 2.44 bits per heavy atom. The van der Waals surface area contributed by atoms with Crippen LogP contribution in [0.5, 0.6) is 0 Å². The smallest absolute Gasteiger partial charge is 0.286 e. The van der Waals surface area contributed by atoms with Crippen molar-refractivity contribution in [3.8, 4) is 0 Å². The highest BCUT2D eigenvalue weighted by atomic mass is 16.1. The van der Waals surface area contributed by atoms with Gasteiger partial charge in [-0.1, -0.05) is 0 Å². The molecule has 1 amide bonds. The molecule has 0 spiro atoms. The Morgan fingerprint density at radius 1 is 1.78 bits per heavy atom. The van der Waals surface area contributed by atoms with E-state index in [0.717, 1.165) is 0 Å². The van der Waals surface area contributed by atoms with Crippen LogP contribution in [0.4, 0.5) is 0 Å². The second-order valence-corrected chi connectivity index (χ2v) is 1.83. The third-order valence-electron chi connectivity index (χ3n) is 1.18. The number of hydrogen-bond donors (Lipinski definition) is 0. The van der Waals surface area contributed by atoms with Crippen molar-refractivity contribution >= 4 is 5.91 Å². The molecular formula is C6H7N2O. The summed E-state index contributed by atoms with van der Waals surface area (Å²) in [6, 6.07) is 3.36. The Kier molecular flexibility index (Phi) is 1.26. The van der Waals surface area contributed by atoms with Crippen LogP contribution >= 0.6 is 0 Å².